The summed E-state index contributed by atoms with van der Waals surface area (Å²) in [4.78, 5) is 27.3. The molecule has 2 aromatic rings. The number of nitrogens with zero attached hydrogens (tertiary/aromatic N) is 1. The van der Waals surface area contributed by atoms with Crippen LogP contribution in [0.25, 0.3) is 0 Å². The molecule has 2 aromatic carbocycles. The Morgan fingerprint density at radius 3 is 2.03 bits per heavy atom. The van der Waals surface area contributed by atoms with E-state index in [1.54, 1.807) is 30.0 Å². The fraction of sp³-hybridized carbons (Fsp3) is 0.417. The first-order valence-corrected chi connectivity index (χ1v) is 10.6. The summed E-state index contributed by atoms with van der Waals surface area (Å²) < 4.78 is 48.6. The van der Waals surface area contributed by atoms with E-state index >= 15 is 0 Å². The van der Waals surface area contributed by atoms with Crippen molar-refractivity contribution in [2.24, 2.45) is 5.92 Å². The van der Waals surface area contributed by atoms with Gasteiger partial charge < -0.3 is 19.7 Å². The molecule has 1 atom stereocenters. The number of halogens is 3. The van der Waals surface area contributed by atoms with Crippen molar-refractivity contribution in [2.45, 2.75) is 32.0 Å². The fourth-order valence-electron chi connectivity index (χ4n) is 3.83. The number of benzene rings is 2. The van der Waals surface area contributed by atoms with E-state index in [4.69, 9.17) is 9.47 Å². The van der Waals surface area contributed by atoms with Crippen LogP contribution in [0.4, 0.5) is 13.2 Å². The average molecular weight is 464 g/mol. The van der Waals surface area contributed by atoms with E-state index in [2.05, 4.69) is 5.32 Å². The molecule has 9 heteroatoms. The monoisotopic (exact) mass is 464 g/mol. The second-order valence-electron chi connectivity index (χ2n) is 8.02. The van der Waals surface area contributed by atoms with Crippen LogP contribution in [0.3, 0.4) is 0 Å². The Hall–Kier alpha value is -3.23. The van der Waals surface area contributed by atoms with Gasteiger partial charge in [-0.1, -0.05) is 12.1 Å². The summed E-state index contributed by atoms with van der Waals surface area (Å²) in [7, 11) is 3.03. The van der Waals surface area contributed by atoms with Crippen LogP contribution < -0.4 is 14.8 Å². The maximum Gasteiger partial charge on any atom is 0.416 e. The van der Waals surface area contributed by atoms with Gasteiger partial charge in [0.25, 0.3) is 5.91 Å². The molecule has 3 rings (SSSR count). The quantitative estimate of drug-likeness (QED) is 0.686. The summed E-state index contributed by atoms with van der Waals surface area (Å²) >= 11 is 0. The van der Waals surface area contributed by atoms with E-state index in [9.17, 15) is 22.8 Å². The normalized spacial score (nSPS) is 15.6. The van der Waals surface area contributed by atoms with E-state index in [0.29, 0.717) is 48.6 Å². The van der Waals surface area contributed by atoms with Crippen LogP contribution in [0.5, 0.6) is 11.5 Å². The minimum Gasteiger partial charge on any atom is -0.497 e. The Labute approximate surface area is 190 Å². The van der Waals surface area contributed by atoms with Gasteiger partial charge in [-0.25, -0.2) is 0 Å². The molecule has 2 amide bonds. The van der Waals surface area contributed by atoms with E-state index in [1.807, 2.05) is 0 Å². The Morgan fingerprint density at radius 1 is 1.00 bits per heavy atom. The molecule has 1 N–H and O–H groups in total. The molecule has 0 spiro atoms. The van der Waals surface area contributed by atoms with Crippen LogP contribution in [0.15, 0.2) is 42.5 Å². The van der Waals surface area contributed by atoms with E-state index in [-0.39, 0.29) is 17.7 Å². The highest BCUT2D eigenvalue weighted by Gasteiger charge is 2.31. The van der Waals surface area contributed by atoms with Gasteiger partial charge in [-0.05, 0) is 49.6 Å². The van der Waals surface area contributed by atoms with Gasteiger partial charge in [-0.15, -0.1) is 0 Å². The maximum absolute atomic E-state index is 12.9. The molecule has 1 unspecified atom stereocenters. The molecule has 0 saturated carbocycles. The van der Waals surface area contributed by atoms with Gasteiger partial charge in [-0.2, -0.15) is 13.2 Å². The predicted octanol–water partition coefficient (Wildman–Crippen LogP) is 4.45. The Kier molecular flexibility index (Phi) is 7.50. The predicted molar refractivity (Wildman–Crippen MR) is 116 cm³/mol. The van der Waals surface area contributed by atoms with Crippen molar-refractivity contribution in [1.29, 1.82) is 0 Å². The number of alkyl halides is 3. The minimum absolute atomic E-state index is 0.163. The number of methoxy groups -OCH3 is 2. The third-order valence-corrected chi connectivity index (χ3v) is 5.85. The van der Waals surface area contributed by atoms with Gasteiger partial charge in [-0.3, -0.25) is 9.59 Å². The van der Waals surface area contributed by atoms with Crippen LogP contribution >= 0.6 is 0 Å². The minimum atomic E-state index is -4.40. The highest BCUT2D eigenvalue weighted by Crippen LogP contribution is 2.30. The topological polar surface area (TPSA) is 67.9 Å². The fourth-order valence-corrected chi connectivity index (χ4v) is 3.83. The molecule has 1 aliphatic heterocycles. The van der Waals surface area contributed by atoms with Crippen molar-refractivity contribution < 1.29 is 32.2 Å². The van der Waals surface area contributed by atoms with Gasteiger partial charge in [0.1, 0.15) is 11.5 Å². The molecule has 33 heavy (non-hydrogen) atoms. The van der Waals surface area contributed by atoms with Gasteiger partial charge in [0.15, 0.2) is 0 Å². The summed E-state index contributed by atoms with van der Waals surface area (Å²) in [6.07, 6.45) is -3.40. The second-order valence-corrected chi connectivity index (χ2v) is 8.02. The van der Waals surface area contributed by atoms with Crippen LogP contribution in [0, 0.1) is 5.92 Å². The number of piperidine rings is 1. The lowest BCUT2D eigenvalue weighted by Crippen LogP contribution is -2.43. The number of hydrogen-bond acceptors (Lipinski definition) is 4. The smallest absolute Gasteiger partial charge is 0.416 e. The molecule has 0 radical (unpaired) electrons. The third kappa shape index (κ3) is 5.97. The molecular formula is C24H27F3N2O4. The molecule has 1 saturated heterocycles. The van der Waals surface area contributed by atoms with Crippen LogP contribution in [0.1, 0.15) is 47.3 Å². The molecule has 178 valence electrons. The van der Waals surface area contributed by atoms with Crippen LogP contribution in [-0.4, -0.2) is 44.0 Å². The lowest BCUT2D eigenvalue weighted by molar-refractivity contribution is -0.137. The molecule has 1 aliphatic rings. The zero-order valence-electron chi connectivity index (χ0n) is 18.7. The van der Waals surface area contributed by atoms with Gasteiger partial charge in [0.05, 0.1) is 25.8 Å². The summed E-state index contributed by atoms with van der Waals surface area (Å²) in [5.41, 5.74) is 0.316. The number of hydrogen-bond donors (Lipinski definition) is 1. The summed E-state index contributed by atoms with van der Waals surface area (Å²) in [5.74, 6) is 0.431. The molecule has 1 heterocycles. The molecule has 0 bridgehead atoms. The van der Waals surface area contributed by atoms with E-state index in [1.165, 1.54) is 26.4 Å². The first-order valence-electron chi connectivity index (χ1n) is 10.6. The van der Waals surface area contributed by atoms with Crippen molar-refractivity contribution in [2.75, 3.05) is 27.3 Å². The van der Waals surface area contributed by atoms with Crippen molar-refractivity contribution in [3.63, 3.8) is 0 Å². The lowest BCUT2D eigenvalue weighted by atomic mass is 9.94. The zero-order chi connectivity index (χ0) is 24.2. The first-order chi connectivity index (χ1) is 15.6. The Morgan fingerprint density at radius 2 is 1.55 bits per heavy atom. The summed E-state index contributed by atoms with van der Waals surface area (Å²) in [6, 6.07) is 9.32. The molecular weight excluding hydrogens is 437 g/mol. The Balaban J connectivity index is 1.56. The van der Waals surface area contributed by atoms with E-state index < -0.39 is 17.8 Å². The number of ether oxygens (including phenoxy) is 2. The van der Waals surface area contributed by atoms with Gasteiger partial charge in [0.2, 0.25) is 5.91 Å². The van der Waals surface area contributed by atoms with Crippen LogP contribution in [0.2, 0.25) is 0 Å². The summed E-state index contributed by atoms with van der Waals surface area (Å²) in [5, 5.41) is 2.87. The number of carbonyl (C=O) groups excluding carboxylic acids is 2. The highest BCUT2D eigenvalue weighted by atomic mass is 19.4. The highest BCUT2D eigenvalue weighted by molar-refractivity contribution is 5.95. The van der Waals surface area contributed by atoms with Gasteiger partial charge >= 0.3 is 6.18 Å². The SMILES string of the molecule is COc1cc(OC)cc(C(=O)N2CCC(C(=O)NC(C)c3ccc(C(F)(F)F)cc3)CC2)c1. The number of amides is 2. The zero-order valence-corrected chi connectivity index (χ0v) is 18.7. The number of nitrogens with one attached hydrogen (secondary N) is 1. The number of carbonyl (C=O) groups is 2. The second kappa shape index (κ2) is 10.1. The van der Waals surface area contributed by atoms with Gasteiger partial charge in [0, 0.05) is 30.6 Å². The van der Waals surface area contributed by atoms with Crippen molar-refractivity contribution in [1.82, 2.24) is 10.2 Å². The number of rotatable bonds is 6. The molecule has 1 fully saturated rings. The lowest BCUT2D eigenvalue weighted by Gasteiger charge is -2.32. The average Bonchev–Trinajstić information content (AvgIpc) is 2.82. The molecule has 0 aliphatic carbocycles. The van der Waals surface area contributed by atoms with Crippen molar-refractivity contribution in [3.05, 3.63) is 59.2 Å². The van der Waals surface area contributed by atoms with Crippen molar-refractivity contribution >= 4 is 11.8 Å². The first kappa shape index (κ1) is 24.4. The van der Waals surface area contributed by atoms with Crippen molar-refractivity contribution in [3.8, 4) is 11.5 Å². The standard InChI is InChI=1S/C24H27F3N2O4/c1-15(16-4-6-19(7-5-16)24(25,26)27)28-22(30)17-8-10-29(11-9-17)23(31)18-12-20(32-2)14-21(13-18)33-3/h4-7,12-15,17H,8-11H2,1-3H3,(H,28,30). The Bertz CT molecular complexity index is 962. The molecule has 6 nitrogen and oxygen atoms in total. The number of likely N-dealkylation sites (tertiary alicyclic amines) is 1. The van der Waals surface area contributed by atoms with E-state index in [0.717, 1.165) is 12.1 Å². The van der Waals surface area contributed by atoms with Crippen LogP contribution in [-0.2, 0) is 11.0 Å². The molecule has 0 aromatic heterocycles. The summed E-state index contributed by atoms with van der Waals surface area (Å²) in [6.45, 7) is 2.57. The largest absolute Gasteiger partial charge is 0.497 e. The third-order valence-electron chi connectivity index (χ3n) is 5.85. The maximum atomic E-state index is 12.9.